The molecule has 3 nitrogen and oxygen atoms in total. The van der Waals surface area contributed by atoms with Gasteiger partial charge in [0.2, 0.25) is 5.91 Å². The summed E-state index contributed by atoms with van der Waals surface area (Å²) in [5, 5.41) is 7.45. The molecular formula is C15H28N2OS. The predicted molar refractivity (Wildman–Crippen MR) is 82.5 cm³/mol. The summed E-state index contributed by atoms with van der Waals surface area (Å²) in [4.78, 5) is 12.3. The zero-order chi connectivity index (χ0) is 13.7. The Labute approximate surface area is 121 Å². The first-order chi connectivity index (χ1) is 9.22. The van der Waals surface area contributed by atoms with E-state index in [4.69, 9.17) is 0 Å². The van der Waals surface area contributed by atoms with Gasteiger partial charge in [0.1, 0.15) is 0 Å². The van der Waals surface area contributed by atoms with E-state index >= 15 is 0 Å². The van der Waals surface area contributed by atoms with Crippen LogP contribution in [0.5, 0.6) is 0 Å². The van der Waals surface area contributed by atoms with E-state index in [-0.39, 0.29) is 11.9 Å². The lowest BCUT2D eigenvalue weighted by Gasteiger charge is -2.32. The van der Waals surface area contributed by atoms with Gasteiger partial charge in [-0.05, 0) is 57.2 Å². The quantitative estimate of drug-likeness (QED) is 0.833. The lowest BCUT2D eigenvalue weighted by atomic mass is 9.89. The molecular weight excluding hydrogens is 256 g/mol. The van der Waals surface area contributed by atoms with E-state index in [1.165, 1.54) is 25.7 Å². The molecule has 2 unspecified atom stereocenters. The zero-order valence-corrected chi connectivity index (χ0v) is 13.1. The van der Waals surface area contributed by atoms with Gasteiger partial charge in [0, 0.05) is 11.3 Å². The molecule has 1 heterocycles. The van der Waals surface area contributed by atoms with Crippen molar-refractivity contribution in [2.45, 2.75) is 69.2 Å². The van der Waals surface area contributed by atoms with Gasteiger partial charge in [-0.2, -0.15) is 11.8 Å². The van der Waals surface area contributed by atoms with E-state index in [2.05, 4.69) is 23.8 Å². The zero-order valence-electron chi connectivity index (χ0n) is 12.3. The van der Waals surface area contributed by atoms with Gasteiger partial charge >= 0.3 is 0 Å². The standard InChI is InChI=1S/C15H28N2OS/c1-3-11-8-9-16-14(10-11)15(18)17-12-4-6-13(19-2)7-5-12/h11-14,16H,3-10H2,1-2H3,(H,17,18). The van der Waals surface area contributed by atoms with Gasteiger partial charge in [0.15, 0.2) is 0 Å². The molecule has 0 spiro atoms. The van der Waals surface area contributed by atoms with E-state index in [9.17, 15) is 4.79 Å². The largest absolute Gasteiger partial charge is 0.352 e. The molecule has 1 amide bonds. The van der Waals surface area contributed by atoms with Crippen LogP contribution in [0.3, 0.4) is 0 Å². The molecule has 2 atom stereocenters. The summed E-state index contributed by atoms with van der Waals surface area (Å²) in [5.74, 6) is 0.968. The van der Waals surface area contributed by atoms with Crippen LogP contribution in [0, 0.1) is 5.92 Å². The SMILES string of the molecule is CCC1CCNC(C(=O)NC2CCC(SC)CC2)C1. The summed E-state index contributed by atoms with van der Waals surface area (Å²) >= 11 is 1.97. The maximum Gasteiger partial charge on any atom is 0.237 e. The highest BCUT2D eigenvalue weighted by Crippen LogP contribution is 2.27. The second kappa shape index (κ2) is 7.53. The highest BCUT2D eigenvalue weighted by Gasteiger charge is 2.28. The smallest absolute Gasteiger partial charge is 0.237 e. The number of carbonyl (C=O) groups is 1. The third kappa shape index (κ3) is 4.38. The number of amides is 1. The molecule has 0 radical (unpaired) electrons. The normalized spacial score (nSPS) is 35.9. The predicted octanol–water partition coefficient (Wildman–Crippen LogP) is 2.55. The fourth-order valence-corrected chi connectivity index (χ4v) is 4.05. The first-order valence-corrected chi connectivity index (χ1v) is 9.08. The Morgan fingerprint density at radius 2 is 2.00 bits per heavy atom. The van der Waals surface area contributed by atoms with Crippen LogP contribution in [0.25, 0.3) is 0 Å². The molecule has 1 saturated carbocycles. The molecule has 4 heteroatoms. The number of rotatable bonds is 4. The number of carbonyl (C=O) groups excluding carboxylic acids is 1. The second-order valence-corrected chi connectivity index (χ2v) is 7.16. The summed E-state index contributed by atoms with van der Waals surface area (Å²) in [7, 11) is 0. The van der Waals surface area contributed by atoms with Gasteiger partial charge in [-0.15, -0.1) is 0 Å². The molecule has 2 fully saturated rings. The van der Waals surface area contributed by atoms with Crippen LogP contribution in [0.15, 0.2) is 0 Å². The average molecular weight is 284 g/mol. The van der Waals surface area contributed by atoms with E-state index < -0.39 is 0 Å². The minimum absolute atomic E-state index is 0.0528. The van der Waals surface area contributed by atoms with Crippen molar-refractivity contribution >= 4 is 17.7 Å². The van der Waals surface area contributed by atoms with Crippen LogP contribution >= 0.6 is 11.8 Å². The van der Waals surface area contributed by atoms with Crippen LogP contribution in [-0.2, 0) is 4.79 Å². The number of hydrogen-bond donors (Lipinski definition) is 2. The summed E-state index contributed by atoms with van der Waals surface area (Å²) in [6.45, 7) is 3.23. The number of piperidine rings is 1. The van der Waals surface area contributed by atoms with Crippen LogP contribution in [-0.4, -0.2) is 36.0 Å². The lowest BCUT2D eigenvalue weighted by Crippen LogP contribution is -2.51. The number of hydrogen-bond acceptors (Lipinski definition) is 3. The van der Waals surface area contributed by atoms with Crippen molar-refractivity contribution in [3.63, 3.8) is 0 Å². The van der Waals surface area contributed by atoms with Crippen LogP contribution < -0.4 is 10.6 Å². The monoisotopic (exact) mass is 284 g/mol. The molecule has 0 aromatic heterocycles. The van der Waals surface area contributed by atoms with E-state index in [0.717, 1.165) is 37.0 Å². The van der Waals surface area contributed by atoms with Crippen molar-refractivity contribution in [3.8, 4) is 0 Å². The summed E-state index contributed by atoms with van der Waals surface area (Å²) in [6.07, 6.45) is 10.4. The molecule has 0 aromatic rings. The van der Waals surface area contributed by atoms with Gasteiger partial charge in [-0.1, -0.05) is 13.3 Å². The summed E-state index contributed by atoms with van der Waals surface area (Å²) < 4.78 is 0. The minimum atomic E-state index is 0.0528. The first kappa shape index (κ1) is 15.2. The Hall–Kier alpha value is -0.220. The maximum absolute atomic E-state index is 12.3. The van der Waals surface area contributed by atoms with Crippen molar-refractivity contribution in [2.24, 2.45) is 5.92 Å². The summed E-state index contributed by atoms with van der Waals surface area (Å²) in [6, 6.07) is 0.469. The van der Waals surface area contributed by atoms with Crippen molar-refractivity contribution in [3.05, 3.63) is 0 Å². The van der Waals surface area contributed by atoms with Crippen LogP contribution in [0.1, 0.15) is 51.9 Å². The molecule has 1 aliphatic heterocycles. The molecule has 19 heavy (non-hydrogen) atoms. The lowest BCUT2D eigenvalue weighted by molar-refractivity contribution is -0.125. The Morgan fingerprint density at radius 3 is 2.63 bits per heavy atom. The topological polar surface area (TPSA) is 41.1 Å². The highest BCUT2D eigenvalue weighted by molar-refractivity contribution is 7.99. The van der Waals surface area contributed by atoms with Gasteiger partial charge in [-0.25, -0.2) is 0 Å². The van der Waals surface area contributed by atoms with Crippen molar-refractivity contribution in [2.75, 3.05) is 12.8 Å². The molecule has 0 bridgehead atoms. The van der Waals surface area contributed by atoms with Crippen molar-refractivity contribution < 1.29 is 4.79 Å². The van der Waals surface area contributed by atoms with E-state index in [1.54, 1.807) is 0 Å². The molecule has 0 aromatic carbocycles. The van der Waals surface area contributed by atoms with E-state index in [0.29, 0.717) is 6.04 Å². The van der Waals surface area contributed by atoms with Gasteiger partial charge in [0.25, 0.3) is 0 Å². The number of nitrogens with one attached hydrogen (secondary N) is 2. The number of thioether (sulfide) groups is 1. The van der Waals surface area contributed by atoms with Gasteiger partial charge < -0.3 is 10.6 Å². The minimum Gasteiger partial charge on any atom is -0.352 e. The van der Waals surface area contributed by atoms with Crippen LogP contribution in [0.4, 0.5) is 0 Å². The molecule has 2 rings (SSSR count). The molecule has 2 aliphatic rings. The molecule has 2 N–H and O–H groups in total. The Morgan fingerprint density at radius 1 is 1.26 bits per heavy atom. The van der Waals surface area contributed by atoms with E-state index in [1.807, 2.05) is 11.8 Å². The Balaban J connectivity index is 1.75. The summed E-state index contributed by atoms with van der Waals surface area (Å²) in [5.41, 5.74) is 0. The van der Waals surface area contributed by atoms with Crippen molar-refractivity contribution in [1.82, 2.24) is 10.6 Å². The molecule has 1 saturated heterocycles. The average Bonchev–Trinajstić information content (AvgIpc) is 2.48. The second-order valence-electron chi connectivity index (χ2n) is 6.02. The third-order valence-electron chi connectivity index (χ3n) is 4.76. The van der Waals surface area contributed by atoms with Gasteiger partial charge in [0.05, 0.1) is 6.04 Å². The highest BCUT2D eigenvalue weighted by atomic mass is 32.2. The fraction of sp³-hybridized carbons (Fsp3) is 0.933. The maximum atomic E-state index is 12.3. The van der Waals surface area contributed by atoms with Crippen molar-refractivity contribution in [1.29, 1.82) is 0 Å². The van der Waals surface area contributed by atoms with Crippen LogP contribution in [0.2, 0.25) is 0 Å². The first-order valence-electron chi connectivity index (χ1n) is 7.79. The third-order valence-corrected chi connectivity index (χ3v) is 5.90. The molecule has 1 aliphatic carbocycles. The fourth-order valence-electron chi connectivity index (χ4n) is 3.31. The Bertz CT molecular complexity index is 290. The Kier molecular flexibility index (Phi) is 6.02. The van der Waals surface area contributed by atoms with Gasteiger partial charge in [-0.3, -0.25) is 4.79 Å². The molecule has 110 valence electrons.